The zero-order valence-electron chi connectivity index (χ0n) is 11.5. The Hall–Kier alpha value is -1.10. The maximum absolute atomic E-state index is 11.7. The van der Waals surface area contributed by atoms with Gasteiger partial charge >= 0.3 is 5.97 Å². The third kappa shape index (κ3) is 6.00. The van der Waals surface area contributed by atoms with E-state index in [-0.39, 0.29) is 18.4 Å². The molecule has 0 bridgehead atoms. The molecule has 1 fully saturated rings. The van der Waals surface area contributed by atoms with E-state index in [2.05, 4.69) is 10.6 Å². The summed E-state index contributed by atoms with van der Waals surface area (Å²) in [5.41, 5.74) is 0. The maximum Gasteiger partial charge on any atom is 0.328 e. The van der Waals surface area contributed by atoms with Gasteiger partial charge in [-0.15, -0.1) is 0 Å². The minimum absolute atomic E-state index is 0.147. The second-order valence-electron chi connectivity index (χ2n) is 5.35. The average molecular weight is 256 g/mol. The fourth-order valence-corrected chi connectivity index (χ4v) is 1.78. The summed E-state index contributed by atoms with van der Waals surface area (Å²) in [4.78, 5) is 23.2. The van der Waals surface area contributed by atoms with Gasteiger partial charge in [0.1, 0.15) is 6.04 Å². The minimum Gasteiger partial charge on any atom is -0.467 e. The highest BCUT2D eigenvalue weighted by atomic mass is 16.5. The third-order valence-corrected chi connectivity index (χ3v) is 2.94. The van der Waals surface area contributed by atoms with Gasteiger partial charge in [-0.05, 0) is 37.6 Å². The van der Waals surface area contributed by atoms with Crippen molar-refractivity contribution in [3.05, 3.63) is 0 Å². The van der Waals surface area contributed by atoms with E-state index >= 15 is 0 Å². The van der Waals surface area contributed by atoms with Crippen LogP contribution in [-0.4, -0.2) is 38.1 Å². The lowest BCUT2D eigenvalue weighted by Gasteiger charge is -2.18. The van der Waals surface area contributed by atoms with Crippen molar-refractivity contribution in [3.8, 4) is 0 Å². The molecule has 1 amide bonds. The van der Waals surface area contributed by atoms with Gasteiger partial charge in [0.05, 0.1) is 13.7 Å². The molecular formula is C13H24N2O3. The van der Waals surface area contributed by atoms with Crippen LogP contribution in [0.5, 0.6) is 0 Å². The minimum atomic E-state index is -0.537. The van der Waals surface area contributed by atoms with Crippen molar-refractivity contribution in [3.63, 3.8) is 0 Å². The fourth-order valence-electron chi connectivity index (χ4n) is 1.78. The van der Waals surface area contributed by atoms with Crippen LogP contribution in [0.4, 0.5) is 0 Å². The molecule has 5 heteroatoms. The molecule has 0 aromatic rings. The fraction of sp³-hybridized carbons (Fsp3) is 0.846. The van der Waals surface area contributed by atoms with Crippen LogP contribution in [0.2, 0.25) is 0 Å². The molecule has 1 aliphatic rings. The first-order valence-electron chi connectivity index (χ1n) is 6.60. The Balaban J connectivity index is 2.28. The summed E-state index contributed by atoms with van der Waals surface area (Å²) in [7, 11) is 1.34. The molecule has 1 unspecified atom stereocenters. The van der Waals surface area contributed by atoms with Crippen LogP contribution in [0.3, 0.4) is 0 Å². The van der Waals surface area contributed by atoms with E-state index in [1.165, 1.54) is 20.0 Å². The van der Waals surface area contributed by atoms with Crippen molar-refractivity contribution in [1.82, 2.24) is 10.6 Å². The number of ether oxygens (including phenoxy) is 1. The van der Waals surface area contributed by atoms with Gasteiger partial charge in [0, 0.05) is 0 Å². The Labute approximate surface area is 109 Å². The number of amides is 1. The molecule has 0 saturated heterocycles. The normalized spacial score (nSPS) is 16.4. The largest absolute Gasteiger partial charge is 0.467 e. The lowest BCUT2D eigenvalue weighted by Crippen LogP contribution is -2.45. The topological polar surface area (TPSA) is 67.4 Å². The highest BCUT2D eigenvalue weighted by molar-refractivity contribution is 5.85. The van der Waals surface area contributed by atoms with Gasteiger partial charge in [-0.1, -0.05) is 13.8 Å². The van der Waals surface area contributed by atoms with Crippen molar-refractivity contribution in [1.29, 1.82) is 0 Å². The van der Waals surface area contributed by atoms with E-state index in [0.717, 1.165) is 12.5 Å². The van der Waals surface area contributed by atoms with Crippen LogP contribution >= 0.6 is 0 Å². The zero-order valence-corrected chi connectivity index (χ0v) is 11.5. The molecule has 18 heavy (non-hydrogen) atoms. The summed E-state index contributed by atoms with van der Waals surface area (Å²) in [6, 6.07) is -0.537. The van der Waals surface area contributed by atoms with Gasteiger partial charge in [-0.2, -0.15) is 0 Å². The Bertz CT molecular complexity index is 288. The third-order valence-electron chi connectivity index (χ3n) is 2.94. The molecule has 0 aliphatic heterocycles. The van der Waals surface area contributed by atoms with Gasteiger partial charge in [0.2, 0.25) is 5.91 Å². The second kappa shape index (κ2) is 7.36. The predicted molar refractivity (Wildman–Crippen MR) is 69.0 cm³/mol. The molecule has 0 radical (unpaired) electrons. The molecule has 1 saturated carbocycles. The summed E-state index contributed by atoms with van der Waals surface area (Å²) in [5.74, 6) is 0.546. The van der Waals surface area contributed by atoms with Crippen LogP contribution in [0.25, 0.3) is 0 Å². The van der Waals surface area contributed by atoms with E-state index in [0.29, 0.717) is 12.3 Å². The van der Waals surface area contributed by atoms with E-state index < -0.39 is 6.04 Å². The summed E-state index contributed by atoms with van der Waals surface area (Å²) >= 11 is 0. The van der Waals surface area contributed by atoms with E-state index in [1.807, 2.05) is 13.8 Å². The SMILES string of the molecule is COC(=O)C(CC(C)C)NC(=O)CNCC1CC1. The van der Waals surface area contributed by atoms with Crippen LogP contribution in [0.1, 0.15) is 33.1 Å². The number of hydrogen-bond acceptors (Lipinski definition) is 4. The van der Waals surface area contributed by atoms with Crippen molar-refractivity contribution >= 4 is 11.9 Å². The van der Waals surface area contributed by atoms with Gasteiger partial charge in [-0.3, -0.25) is 4.79 Å². The number of nitrogens with one attached hydrogen (secondary N) is 2. The average Bonchev–Trinajstić information content (AvgIpc) is 3.10. The predicted octanol–water partition coefficient (Wildman–Crippen LogP) is 0.690. The molecule has 1 aliphatic carbocycles. The van der Waals surface area contributed by atoms with Gasteiger partial charge in [-0.25, -0.2) is 4.79 Å². The highest BCUT2D eigenvalue weighted by Crippen LogP contribution is 2.27. The molecule has 1 atom stereocenters. The van der Waals surface area contributed by atoms with Crippen LogP contribution in [-0.2, 0) is 14.3 Å². The molecule has 0 spiro atoms. The number of carbonyl (C=O) groups is 2. The lowest BCUT2D eigenvalue weighted by molar-refractivity contribution is -0.145. The Morgan fingerprint density at radius 2 is 2.00 bits per heavy atom. The quantitative estimate of drug-likeness (QED) is 0.627. The maximum atomic E-state index is 11.7. The smallest absolute Gasteiger partial charge is 0.328 e. The van der Waals surface area contributed by atoms with Gasteiger partial charge in [0.25, 0.3) is 0 Å². The zero-order chi connectivity index (χ0) is 13.5. The first-order chi connectivity index (χ1) is 8.52. The first kappa shape index (κ1) is 15.0. The number of rotatable bonds is 8. The Morgan fingerprint density at radius 1 is 1.33 bits per heavy atom. The van der Waals surface area contributed by atoms with Gasteiger partial charge in [0.15, 0.2) is 0 Å². The van der Waals surface area contributed by atoms with Crippen LogP contribution in [0.15, 0.2) is 0 Å². The molecule has 0 heterocycles. The number of carbonyl (C=O) groups excluding carboxylic acids is 2. The number of methoxy groups -OCH3 is 1. The van der Waals surface area contributed by atoms with Crippen molar-refractivity contribution in [2.24, 2.45) is 11.8 Å². The summed E-state index contributed by atoms with van der Waals surface area (Å²) in [5, 5.41) is 5.82. The Morgan fingerprint density at radius 3 is 2.50 bits per heavy atom. The van der Waals surface area contributed by atoms with Crippen molar-refractivity contribution in [2.75, 3.05) is 20.2 Å². The number of esters is 1. The lowest BCUT2D eigenvalue weighted by atomic mass is 10.0. The molecule has 5 nitrogen and oxygen atoms in total. The van der Waals surface area contributed by atoms with E-state index in [4.69, 9.17) is 4.74 Å². The Kier molecular flexibility index (Phi) is 6.12. The summed E-state index contributed by atoms with van der Waals surface area (Å²) < 4.78 is 4.69. The monoisotopic (exact) mass is 256 g/mol. The first-order valence-corrected chi connectivity index (χ1v) is 6.60. The molecule has 0 aromatic heterocycles. The summed E-state index contributed by atoms with van der Waals surface area (Å²) in [6.07, 6.45) is 3.11. The second-order valence-corrected chi connectivity index (χ2v) is 5.35. The number of hydrogen-bond donors (Lipinski definition) is 2. The van der Waals surface area contributed by atoms with E-state index in [1.54, 1.807) is 0 Å². The molecule has 104 valence electrons. The molecular weight excluding hydrogens is 232 g/mol. The molecule has 0 aromatic carbocycles. The molecule has 2 N–H and O–H groups in total. The highest BCUT2D eigenvalue weighted by Gasteiger charge is 2.23. The van der Waals surface area contributed by atoms with E-state index in [9.17, 15) is 9.59 Å². The van der Waals surface area contributed by atoms with Crippen LogP contribution in [0, 0.1) is 11.8 Å². The van der Waals surface area contributed by atoms with Crippen molar-refractivity contribution in [2.45, 2.75) is 39.2 Å². The molecule has 1 rings (SSSR count). The van der Waals surface area contributed by atoms with Crippen LogP contribution < -0.4 is 10.6 Å². The van der Waals surface area contributed by atoms with Gasteiger partial charge < -0.3 is 15.4 Å². The van der Waals surface area contributed by atoms with Crippen molar-refractivity contribution < 1.29 is 14.3 Å². The standard InChI is InChI=1S/C13H24N2O3/c1-9(2)6-11(13(17)18-3)15-12(16)8-14-7-10-4-5-10/h9-11,14H,4-8H2,1-3H3,(H,15,16). The summed E-state index contributed by atoms with van der Waals surface area (Å²) in [6.45, 7) is 5.17.